The zero-order valence-electron chi connectivity index (χ0n) is 19.2. The van der Waals surface area contributed by atoms with Crippen LogP contribution in [-0.2, 0) is 0 Å². The van der Waals surface area contributed by atoms with Crippen LogP contribution < -0.4 is 4.74 Å². The fourth-order valence-electron chi connectivity index (χ4n) is 6.23. The summed E-state index contributed by atoms with van der Waals surface area (Å²) in [7, 11) is 0. The average Bonchev–Trinajstić information content (AvgIpc) is 3.37. The van der Waals surface area contributed by atoms with Crippen LogP contribution in [0.3, 0.4) is 0 Å². The highest BCUT2D eigenvalue weighted by atomic mass is 16.5. The van der Waals surface area contributed by atoms with Gasteiger partial charge in [0.1, 0.15) is 5.75 Å². The van der Waals surface area contributed by atoms with Gasteiger partial charge in [0.05, 0.1) is 11.8 Å². The topological polar surface area (TPSA) is 24.8 Å². The molecule has 3 aliphatic rings. The second kappa shape index (κ2) is 7.73. The van der Waals surface area contributed by atoms with Crippen molar-refractivity contribution in [1.29, 1.82) is 0 Å². The van der Waals surface area contributed by atoms with Gasteiger partial charge >= 0.3 is 0 Å². The molecule has 0 unspecified atom stereocenters. The highest BCUT2D eigenvalue weighted by Crippen LogP contribution is 2.53. The molecule has 0 amide bonds. The number of benzene rings is 4. The third kappa shape index (κ3) is 3.14. The molecular formula is C31H28N2O. The van der Waals surface area contributed by atoms with E-state index in [1.165, 1.54) is 33.2 Å². The summed E-state index contributed by atoms with van der Waals surface area (Å²) in [5, 5.41) is 10.2. The SMILES string of the molecule is c1ccc(C2CCC3(CC2)Oc2ccccc2[C@H]2CC(c4ccc5ccccc5c4)=NN23)cc1. The maximum absolute atomic E-state index is 6.83. The Morgan fingerprint density at radius 2 is 1.50 bits per heavy atom. The lowest BCUT2D eigenvalue weighted by atomic mass is 9.78. The Balaban J connectivity index is 1.25. The number of nitrogens with zero attached hydrogens (tertiary/aromatic N) is 2. The second-order valence-corrected chi connectivity index (χ2v) is 9.94. The Bertz CT molecular complexity index is 1380. The second-order valence-electron chi connectivity index (χ2n) is 9.94. The van der Waals surface area contributed by atoms with Crippen LogP contribution in [0.4, 0.5) is 0 Å². The van der Waals surface area contributed by atoms with Crippen molar-refractivity contribution in [2.45, 2.75) is 49.8 Å². The third-order valence-corrected chi connectivity index (χ3v) is 8.03. The number of ether oxygens (including phenoxy) is 1. The maximum atomic E-state index is 6.83. The van der Waals surface area contributed by atoms with E-state index in [9.17, 15) is 0 Å². The monoisotopic (exact) mass is 444 g/mol. The van der Waals surface area contributed by atoms with Crippen LogP contribution >= 0.6 is 0 Å². The number of rotatable bonds is 2. The van der Waals surface area contributed by atoms with Gasteiger partial charge in [0.15, 0.2) is 5.72 Å². The minimum atomic E-state index is -0.358. The van der Waals surface area contributed by atoms with E-state index in [-0.39, 0.29) is 11.8 Å². The van der Waals surface area contributed by atoms with Crippen LogP contribution in [0.1, 0.15) is 60.8 Å². The van der Waals surface area contributed by atoms with Gasteiger partial charge in [0, 0.05) is 24.8 Å². The molecule has 0 N–H and O–H groups in total. The average molecular weight is 445 g/mol. The Kier molecular flexibility index (Phi) is 4.51. The number of hydrogen-bond acceptors (Lipinski definition) is 3. The molecule has 0 aromatic heterocycles. The zero-order valence-corrected chi connectivity index (χ0v) is 19.2. The van der Waals surface area contributed by atoms with E-state index in [0.717, 1.165) is 37.9 Å². The first-order valence-electron chi connectivity index (χ1n) is 12.5. The number of fused-ring (bicyclic) bond motifs is 5. The first-order chi connectivity index (χ1) is 16.8. The minimum Gasteiger partial charge on any atom is -0.466 e. The largest absolute Gasteiger partial charge is 0.466 e. The van der Waals surface area contributed by atoms with Gasteiger partial charge in [-0.15, -0.1) is 0 Å². The summed E-state index contributed by atoms with van der Waals surface area (Å²) >= 11 is 0. The molecular weight excluding hydrogens is 416 g/mol. The fourth-order valence-corrected chi connectivity index (χ4v) is 6.23. The summed E-state index contributed by atoms with van der Waals surface area (Å²) in [4.78, 5) is 0. The van der Waals surface area contributed by atoms with Crippen molar-refractivity contribution in [3.63, 3.8) is 0 Å². The molecule has 4 aromatic rings. The molecule has 2 heterocycles. The Morgan fingerprint density at radius 1 is 0.765 bits per heavy atom. The van der Waals surface area contributed by atoms with Crippen LogP contribution in [0.5, 0.6) is 5.75 Å². The van der Waals surface area contributed by atoms with Crippen molar-refractivity contribution in [3.05, 3.63) is 114 Å². The highest BCUT2D eigenvalue weighted by Gasteiger charge is 2.51. The van der Waals surface area contributed by atoms with E-state index < -0.39 is 0 Å². The van der Waals surface area contributed by atoms with Crippen molar-refractivity contribution < 1.29 is 4.74 Å². The van der Waals surface area contributed by atoms with Crippen LogP contribution in [0.2, 0.25) is 0 Å². The molecule has 34 heavy (non-hydrogen) atoms. The fraction of sp³-hybridized carbons (Fsp3) is 0.258. The van der Waals surface area contributed by atoms with E-state index in [1.54, 1.807) is 0 Å². The van der Waals surface area contributed by atoms with Gasteiger partial charge < -0.3 is 4.74 Å². The standard InChI is InChI=1S/C31H28N2O/c1-2-8-22(9-3-1)24-16-18-31(19-17-24)33-29(27-12-6-7-13-30(27)34-31)21-28(32-33)26-15-14-23-10-4-5-11-25(23)20-26/h1-15,20,24,29H,16-19,21H2/t24?,29-,31?/m1/s1. The summed E-state index contributed by atoms with van der Waals surface area (Å²) in [5.41, 5.74) is 4.74. The molecule has 1 spiro atoms. The van der Waals surface area contributed by atoms with Crippen molar-refractivity contribution in [1.82, 2.24) is 5.01 Å². The summed E-state index contributed by atoms with van der Waals surface area (Å²) < 4.78 is 6.83. The molecule has 1 atom stereocenters. The van der Waals surface area contributed by atoms with E-state index in [0.29, 0.717) is 5.92 Å². The first kappa shape index (κ1) is 19.8. The molecule has 0 radical (unpaired) electrons. The van der Waals surface area contributed by atoms with Gasteiger partial charge in [-0.3, -0.25) is 0 Å². The number of hydrazone groups is 1. The molecule has 168 valence electrons. The Hall–Kier alpha value is -3.59. The van der Waals surface area contributed by atoms with Gasteiger partial charge in [0.25, 0.3) is 0 Å². The Morgan fingerprint density at radius 3 is 2.35 bits per heavy atom. The van der Waals surface area contributed by atoms with Crippen molar-refractivity contribution in [3.8, 4) is 5.75 Å². The van der Waals surface area contributed by atoms with Gasteiger partial charge in [-0.2, -0.15) is 5.10 Å². The quantitative estimate of drug-likeness (QED) is 0.321. The Labute approximate surface area is 200 Å². The molecule has 2 aliphatic heterocycles. The van der Waals surface area contributed by atoms with Gasteiger partial charge in [0.2, 0.25) is 0 Å². The summed E-state index contributed by atoms with van der Waals surface area (Å²) in [6.45, 7) is 0. The minimum absolute atomic E-state index is 0.236. The van der Waals surface area contributed by atoms with Gasteiger partial charge in [-0.25, -0.2) is 5.01 Å². The predicted molar refractivity (Wildman–Crippen MR) is 137 cm³/mol. The molecule has 3 nitrogen and oxygen atoms in total. The normalized spacial score (nSPS) is 25.5. The van der Waals surface area contributed by atoms with E-state index >= 15 is 0 Å². The summed E-state index contributed by atoms with van der Waals surface area (Å²) in [6, 6.07) is 35.1. The smallest absolute Gasteiger partial charge is 0.198 e. The molecule has 0 saturated heterocycles. The van der Waals surface area contributed by atoms with Crippen LogP contribution in [0.15, 0.2) is 102 Å². The summed E-state index contributed by atoms with van der Waals surface area (Å²) in [6.07, 6.45) is 5.15. The summed E-state index contributed by atoms with van der Waals surface area (Å²) in [5.74, 6) is 1.63. The lowest BCUT2D eigenvalue weighted by Crippen LogP contribution is -2.55. The molecule has 7 rings (SSSR count). The van der Waals surface area contributed by atoms with Crippen LogP contribution in [0.25, 0.3) is 10.8 Å². The number of para-hydroxylation sites is 1. The lowest BCUT2D eigenvalue weighted by molar-refractivity contribution is -0.142. The molecule has 4 aromatic carbocycles. The van der Waals surface area contributed by atoms with E-state index in [4.69, 9.17) is 9.84 Å². The molecule has 0 bridgehead atoms. The highest BCUT2D eigenvalue weighted by molar-refractivity contribution is 6.04. The van der Waals surface area contributed by atoms with E-state index in [1.807, 2.05) is 0 Å². The molecule has 1 fully saturated rings. The molecule has 3 heteroatoms. The third-order valence-electron chi connectivity index (χ3n) is 8.03. The van der Waals surface area contributed by atoms with Crippen LogP contribution in [-0.4, -0.2) is 16.4 Å². The van der Waals surface area contributed by atoms with Crippen molar-refractivity contribution in [2.24, 2.45) is 5.10 Å². The zero-order chi connectivity index (χ0) is 22.5. The molecule has 1 aliphatic carbocycles. The van der Waals surface area contributed by atoms with Gasteiger partial charge in [-0.05, 0) is 52.8 Å². The predicted octanol–water partition coefficient (Wildman–Crippen LogP) is 7.44. The van der Waals surface area contributed by atoms with Crippen molar-refractivity contribution in [2.75, 3.05) is 0 Å². The van der Waals surface area contributed by atoms with E-state index in [2.05, 4.69) is 102 Å². The van der Waals surface area contributed by atoms with Gasteiger partial charge in [-0.1, -0.05) is 84.9 Å². The first-order valence-corrected chi connectivity index (χ1v) is 12.5. The lowest BCUT2D eigenvalue weighted by Gasteiger charge is -2.50. The van der Waals surface area contributed by atoms with Crippen molar-refractivity contribution >= 4 is 16.5 Å². The number of hydrogen-bond donors (Lipinski definition) is 0. The van der Waals surface area contributed by atoms with Crippen LogP contribution in [0, 0.1) is 0 Å². The molecule has 1 saturated carbocycles. The maximum Gasteiger partial charge on any atom is 0.198 e.